The molecule has 0 aliphatic heterocycles. The molecule has 1 aromatic rings. The fourth-order valence-electron chi connectivity index (χ4n) is 8.89. The van der Waals surface area contributed by atoms with E-state index in [4.69, 9.17) is 0 Å². The van der Waals surface area contributed by atoms with Gasteiger partial charge in [-0.3, -0.25) is 9.59 Å². The van der Waals surface area contributed by atoms with E-state index in [9.17, 15) is 19.8 Å². The van der Waals surface area contributed by atoms with Crippen LogP contribution in [0, 0.1) is 23.2 Å². The number of nitrogens with one attached hydrogen (secondary N) is 2. The molecule has 0 heterocycles. The van der Waals surface area contributed by atoms with Gasteiger partial charge in [-0.1, -0.05) is 84.1 Å². The molecule has 3 aliphatic rings. The number of rotatable bonds is 18. The smallest absolute Gasteiger partial charge is 0.239 e. The lowest BCUT2D eigenvalue weighted by atomic mass is 9.52. The first-order valence-corrected chi connectivity index (χ1v) is 17.9. The Hall–Kier alpha value is -2.08. The molecule has 6 nitrogen and oxygen atoms in total. The second-order valence-electron chi connectivity index (χ2n) is 14.3. The highest BCUT2D eigenvalue weighted by molar-refractivity contribution is 5.84. The van der Waals surface area contributed by atoms with E-state index < -0.39 is 0 Å². The van der Waals surface area contributed by atoms with Gasteiger partial charge in [-0.25, -0.2) is 0 Å². The average Bonchev–Trinajstić information content (AvgIpc) is 3.30. The molecule has 6 atom stereocenters. The van der Waals surface area contributed by atoms with Gasteiger partial charge in [0.05, 0.1) is 12.6 Å². The summed E-state index contributed by atoms with van der Waals surface area (Å²) in [6, 6.07) is 6.10. The molecule has 2 amide bonds. The first kappa shape index (κ1) is 33.8. The summed E-state index contributed by atoms with van der Waals surface area (Å²) in [6.07, 6.45) is 21.3. The van der Waals surface area contributed by atoms with Crippen LogP contribution in [0.15, 0.2) is 18.2 Å². The minimum atomic E-state index is -0.141. The highest BCUT2D eigenvalue weighted by atomic mass is 16.3. The quantitative estimate of drug-likeness (QED) is 0.132. The average molecular weight is 597 g/mol. The van der Waals surface area contributed by atoms with Crippen LogP contribution in [-0.2, 0) is 16.0 Å². The molecule has 43 heavy (non-hydrogen) atoms. The SMILES string of the molecule is CCCCCC(=O)NCC(=O)NCCCCCCCCCCC[C@@H]1Cc2cc(O)ccc2[C@H]2CC[C@]3(C)[C@@H](O)CC[C@H]3[C@H]12. The van der Waals surface area contributed by atoms with E-state index in [-0.39, 0.29) is 29.9 Å². The van der Waals surface area contributed by atoms with Gasteiger partial charge in [0.2, 0.25) is 11.8 Å². The summed E-state index contributed by atoms with van der Waals surface area (Å²) in [4.78, 5) is 23.6. The molecule has 4 rings (SSSR count). The molecule has 0 radical (unpaired) electrons. The highest BCUT2D eigenvalue weighted by Gasteiger charge is 2.56. The molecule has 4 N–H and O–H groups in total. The van der Waals surface area contributed by atoms with Crippen molar-refractivity contribution >= 4 is 11.8 Å². The van der Waals surface area contributed by atoms with Crippen molar-refractivity contribution in [3.63, 3.8) is 0 Å². The second kappa shape index (κ2) is 16.8. The van der Waals surface area contributed by atoms with Crippen LogP contribution in [0.5, 0.6) is 5.75 Å². The molecule has 0 spiro atoms. The van der Waals surface area contributed by atoms with Gasteiger partial charge in [0.25, 0.3) is 0 Å². The first-order valence-electron chi connectivity index (χ1n) is 17.9. The topological polar surface area (TPSA) is 98.7 Å². The summed E-state index contributed by atoms with van der Waals surface area (Å²) in [5.74, 6) is 2.84. The van der Waals surface area contributed by atoms with E-state index in [1.54, 1.807) is 0 Å². The maximum absolute atomic E-state index is 11.9. The minimum absolute atomic E-state index is 0.0280. The number of phenols is 1. The van der Waals surface area contributed by atoms with Crippen molar-refractivity contribution in [1.29, 1.82) is 0 Å². The summed E-state index contributed by atoms with van der Waals surface area (Å²) in [7, 11) is 0. The fourth-order valence-corrected chi connectivity index (χ4v) is 8.89. The van der Waals surface area contributed by atoms with Crippen LogP contribution in [0.3, 0.4) is 0 Å². The van der Waals surface area contributed by atoms with Crippen molar-refractivity contribution < 1.29 is 19.8 Å². The molecular formula is C37H60N2O4. The number of hydrogen-bond donors (Lipinski definition) is 4. The maximum Gasteiger partial charge on any atom is 0.239 e. The predicted octanol–water partition coefficient (Wildman–Crippen LogP) is 7.55. The molecule has 2 fully saturated rings. The van der Waals surface area contributed by atoms with Gasteiger partial charge < -0.3 is 20.8 Å². The molecular weight excluding hydrogens is 536 g/mol. The molecule has 3 aliphatic carbocycles. The Kier molecular flexibility index (Phi) is 13.2. The third-order valence-electron chi connectivity index (χ3n) is 11.4. The van der Waals surface area contributed by atoms with Gasteiger partial charge in [-0.05, 0) is 104 Å². The van der Waals surface area contributed by atoms with Crippen molar-refractivity contribution in [2.75, 3.05) is 13.1 Å². The van der Waals surface area contributed by atoms with Crippen LogP contribution in [0.2, 0.25) is 0 Å². The fraction of sp³-hybridized carbons (Fsp3) is 0.784. The van der Waals surface area contributed by atoms with Crippen molar-refractivity contribution in [3.05, 3.63) is 29.3 Å². The minimum Gasteiger partial charge on any atom is -0.508 e. The van der Waals surface area contributed by atoms with E-state index in [1.807, 2.05) is 12.1 Å². The Morgan fingerprint density at radius 2 is 1.60 bits per heavy atom. The van der Waals surface area contributed by atoms with Crippen LogP contribution in [-0.4, -0.2) is 41.2 Å². The van der Waals surface area contributed by atoms with E-state index in [1.165, 1.54) is 75.3 Å². The number of carbonyl (C=O) groups is 2. The van der Waals surface area contributed by atoms with Crippen LogP contribution in [0.1, 0.15) is 146 Å². The van der Waals surface area contributed by atoms with Crippen LogP contribution in [0.4, 0.5) is 0 Å². The monoisotopic (exact) mass is 596 g/mol. The number of amides is 2. The third-order valence-corrected chi connectivity index (χ3v) is 11.4. The number of carbonyl (C=O) groups excluding carboxylic acids is 2. The van der Waals surface area contributed by atoms with Crippen LogP contribution in [0.25, 0.3) is 0 Å². The third kappa shape index (κ3) is 9.22. The Labute approximate surface area is 261 Å². The van der Waals surface area contributed by atoms with Gasteiger partial charge >= 0.3 is 0 Å². The van der Waals surface area contributed by atoms with E-state index in [0.29, 0.717) is 42.4 Å². The Morgan fingerprint density at radius 3 is 2.35 bits per heavy atom. The van der Waals surface area contributed by atoms with Gasteiger partial charge in [0.1, 0.15) is 5.75 Å². The van der Waals surface area contributed by atoms with E-state index in [0.717, 1.165) is 51.4 Å². The predicted molar refractivity (Wildman–Crippen MR) is 174 cm³/mol. The summed E-state index contributed by atoms with van der Waals surface area (Å²) in [5.41, 5.74) is 2.94. The number of aliphatic hydroxyl groups is 1. The zero-order valence-electron chi connectivity index (χ0n) is 27.2. The number of aromatic hydroxyl groups is 1. The molecule has 0 aromatic heterocycles. The lowest BCUT2D eigenvalue weighted by Gasteiger charge is -2.53. The molecule has 0 saturated heterocycles. The number of phenolic OH excluding ortho intramolecular Hbond substituents is 1. The molecule has 0 unspecified atom stereocenters. The second-order valence-corrected chi connectivity index (χ2v) is 14.3. The lowest BCUT2D eigenvalue weighted by Crippen LogP contribution is -2.47. The van der Waals surface area contributed by atoms with Crippen molar-refractivity contribution in [2.24, 2.45) is 23.2 Å². The number of unbranched alkanes of at least 4 members (excludes halogenated alkanes) is 10. The molecule has 0 bridgehead atoms. The lowest BCUT2D eigenvalue weighted by molar-refractivity contribution is -0.126. The number of aliphatic hydroxyl groups excluding tert-OH is 1. The van der Waals surface area contributed by atoms with Crippen molar-refractivity contribution in [1.82, 2.24) is 10.6 Å². The van der Waals surface area contributed by atoms with Crippen LogP contribution >= 0.6 is 0 Å². The van der Waals surface area contributed by atoms with Gasteiger partial charge in [-0.15, -0.1) is 0 Å². The van der Waals surface area contributed by atoms with Gasteiger partial charge in [-0.2, -0.15) is 0 Å². The van der Waals surface area contributed by atoms with E-state index >= 15 is 0 Å². The number of fused-ring (bicyclic) bond motifs is 5. The zero-order chi connectivity index (χ0) is 30.7. The summed E-state index contributed by atoms with van der Waals surface area (Å²) >= 11 is 0. The molecule has 1 aromatic carbocycles. The Balaban J connectivity index is 1.07. The van der Waals surface area contributed by atoms with Gasteiger partial charge in [0.15, 0.2) is 0 Å². The molecule has 242 valence electrons. The first-order chi connectivity index (χ1) is 20.8. The Bertz CT molecular complexity index is 1030. The highest BCUT2D eigenvalue weighted by Crippen LogP contribution is 2.62. The summed E-state index contributed by atoms with van der Waals surface area (Å²) < 4.78 is 0. The van der Waals surface area contributed by atoms with Crippen molar-refractivity contribution in [3.8, 4) is 5.75 Å². The zero-order valence-corrected chi connectivity index (χ0v) is 27.2. The van der Waals surface area contributed by atoms with Crippen molar-refractivity contribution in [2.45, 2.75) is 148 Å². The normalized spacial score (nSPS) is 27.7. The number of benzene rings is 1. The molecule has 2 saturated carbocycles. The number of hydrogen-bond acceptors (Lipinski definition) is 4. The van der Waals surface area contributed by atoms with E-state index in [2.05, 4.69) is 30.5 Å². The summed E-state index contributed by atoms with van der Waals surface area (Å²) in [6.45, 7) is 5.26. The molecule has 6 heteroatoms. The summed E-state index contributed by atoms with van der Waals surface area (Å²) in [5, 5.41) is 26.7. The largest absolute Gasteiger partial charge is 0.508 e. The van der Waals surface area contributed by atoms with Crippen LogP contribution < -0.4 is 10.6 Å². The standard InChI is InChI=1S/C37H60N2O4/c1-3-4-12-16-34(42)39-26-35(43)38-23-14-11-9-7-5-6-8-10-13-15-27-24-28-25-29(40)17-18-30(28)31-21-22-37(2)32(36(27)31)19-20-33(37)41/h17-18,25,27,31-33,36,40-41H,3-16,19-24,26H2,1-2H3,(H,38,43)(H,39,42)/t27-,31-,32+,33+,36-,37+/m1/s1. The van der Waals surface area contributed by atoms with Gasteiger partial charge in [0, 0.05) is 13.0 Å². The Morgan fingerprint density at radius 1 is 0.884 bits per heavy atom. The maximum atomic E-state index is 11.9.